The smallest absolute Gasteiger partial charge is 0.355 e. The number of aromatic nitrogens is 2. The number of carbonyl (C=O) groups excluding carboxylic acids is 3. The van der Waals surface area contributed by atoms with Gasteiger partial charge in [-0.1, -0.05) is 30.3 Å². The summed E-state index contributed by atoms with van der Waals surface area (Å²) in [4.78, 5) is 42.6. The fourth-order valence-corrected chi connectivity index (χ4v) is 3.00. The highest BCUT2D eigenvalue weighted by Crippen LogP contribution is 2.24. The van der Waals surface area contributed by atoms with E-state index >= 15 is 0 Å². The molecule has 0 aliphatic carbocycles. The van der Waals surface area contributed by atoms with Gasteiger partial charge in [0.25, 0.3) is 5.91 Å². The third-order valence-corrected chi connectivity index (χ3v) is 4.52. The van der Waals surface area contributed by atoms with Crippen LogP contribution >= 0.6 is 11.3 Å². The lowest BCUT2D eigenvalue weighted by Gasteiger charge is -2.11. The molecule has 1 atom stereocenters. The summed E-state index contributed by atoms with van der Waals surface area (Å²) in [5.41, 5.74) is 2.18. The van der Waals surface area contributed by atoms with Crippen LogP contribution in [0.4, 0.5) is 5.13 Å². The molecule has 0 radical (unpaired) electrons. The van der Waals surface area contributed by atoms with Crippen molar-refractivity contribution in [3.8, 4) is 11.3 Å². The number of carbonyl (C=O) groups is 3. The second-order valence-corrected chi connectivity index (χ2v) is 6.66. The number of hydrogen-bond donors (Lipinski definition) is 2. The van der Waals surface area contributed by atoms with E-state index in [1.807, 2.05) is 35.7 Å². The Labute approximate surface area is 159 Å². The fraction of sp³-hybridized carbons (Fsp3) is 0.158. The molecule has 27 heavy (non-hydrogen) atoms. The lowest BCUT2D eigenvalue weighted by Crippen LogP contribution is -2.30. The van der Waals surface area contributed by atoms with Crippen molar-refractivity contribution >= 4 is 34.1 Å². The van der Waals surface area contributed by atoms with Gasteiger partial charge < -0.3 is 9.72 Å². The van der Waals surface area contributed by atoms with Crippen molar-refractivity contribution in [1.82, 2.24) is 9.97 Å². The maximum absolute atomic E-state index is 12.3. The quantitative estimate of drug-likeness (QED) is 0.501. The Morgan fingerprint density at radius 2 is 1.96 bits per heavy atom. The maximum Gasteiger partial charge on any atom is 0.355 e. The summed E-state index contributed by atoms with van der Waals surface area (Å²) in [7, 11) is 0. The Morgan fingerprint density at radius 1 is 1.22 bits per heavy atom. The number of Topliss-reactive ketones (excluding diaryl/α,β-unsaturated/α-hetero) is 1. The van der Waals surface area contributed by atoms with E-state index < -0.39 is 18.0 Å². The van der Waals surface area contributed by atoms with Crippen LogP contribution < -0.4 is 5.32 Å². The van der Waals surface area contributed by atoms with Gasteiger partial charge in [0, 0.05) is 22.7 Å². The zero-order valence-corrected chi connectivity index (χ0v) is 15.5. The monoisotopic (exact) mass is 383 g/mol. The average Bonchev–Trinajstić information content (AvgIpc) is 3.32. The van der Waals surface area contributed by atoms with E-state index in [1.54, 1.807) is 0 Å². The van der Waals surface area contributed by atoms with Crippen molar-refractivity contribution in [2.24, 2.45) is 0 Å². The molecule has 0 fully saturated rings. The highest BCUT2D eigenvalue weighted by molar-refractivity contribution is 7.14. The number of aromatic amines is 1. The number of anilines is 1. The van der Waals surface area contributed by atoms with E-state index in [4.69, 9.17) is 4.74 Å². The number of nitrogens with zero attached hydrogens (tertiary/aromatic N) is 1. The molecule has 1 amide bonds. The van der Waals surface area contributed by atoms with Gasteiger partial charge in [0.2, 0.25) is 0 Å². The minimum absolute atomic E-state index is 0.112. The van der Waals surface area contributed by atoms with Crippen LogP contribution in [0.5, 0.6) is 0 Å². The number of ether oxygens (including phenoxy) is 1. The van der Waals surface area contributed by atoms with E-state index in [0.717, 1.165) is 11.3 Å². The minimum Gasteiger partial charge on any atom is -0.448 e. The van der Waals surface area contributed by atoms with E-state index in [0.29, 0.717) is 10.7 Å². The number of benzene rings is 1. The second-order valence-electron chi connectivity index (χ2n) is 5.80. The SMILES string of the molecule is CC(=O)c1c[nH]c(C(=O)O[C@H](C)C(=O)Nc2nc(-c3ccccc3)cs2)c1. The molecule has 0 saturated heterocycles. The van der Waals surface area contributed by atoms with Gasteiger partial charge in [-0.2, -0.15) is 0 Å². The van der Waals surface area contributed by atoms with Crippen LogP contribution in [0, 0.1) is 0 Å². The van der Waals surface area contributed by atoms with Gasteiger partial charge >= 0.3 is 5.97 Å². The Bertz CT molecular complexity index is 978. The third-order valence-electron chi connectivity index (χ3n) is 3.77. The fourth-order valence-electron chi connectivity index (χ4n) is 2.27. The molecule has 2 N–H and O–H groups in total. The number of thiazole rings is 1. The summed E-state index contributed by atoms with van der Waals surface area (Å²) in [5, 5.41) is 4.89. The van der Waals surface area contributed by atoms with Crippen LogP contribution in [-0.4, -0.2) is 33.7 Å². The van der Waals surface area contributed by atoms with Crippen molar-refractivity contribution in [3.63, 3.8) is 0 Å². The van der Waals surface area contributed by atoms with Crippen molar-refractivity contribution in [3.05, 3.63) is 59.2 Å². The molecule has 3 rings (SSSR count). The first-order valence-corrected chi connectivity index (χ1v) is 9.04. The average molecular weight is 383 g/mol. The molecule has 1 aromatic carbocycles. The lowest BCUT2D eigenvalue weighted by molar-refractivity contribution is -0.123. The zero-order valence-electron chi connectivity index (χ0n) is 14.7. The molecule has 7 nitrogen and oxygen atoms in total. The van der Waals surface area contributed by atoms with Crippen LogP contribution in [0.25, 0.3) is 11.3 Å². The molecular formula is C19H17N3O4S. The maximum atomic E-state index is 12.3. The molecule has 0 aliphatic heterocycles. The van der Waals surface area contributed by atoms with Gasteiger partial charge in [0.15, 0.2) is 17.0 Å². The molecule has 8 heteroatoms. The van der Waals surface area contributed by atoms with Gasteiger partial charge in [-0.15, -0.1) is 11.3 Å². The Hall–Kier alpha value is -3.26. The molecule has 2 aromatic heterocycles. The normalized spacial score (nSPS) is 11.6. The molecule has 0 saturated carbocycles. The first-order valence-electron chi connectivity index (χ1n) is 8.16. The first-order chi connectivity index (χ1) is 12.9. The van der Waals surface area contributed by atoms with Crippen molar-refractivity contribution < 1.29 is 19.1 Å². The molecule has 0 spiro atoms. The predicted octanol–water partition coefficient (Wildman–Crippen LogP) is 3.52. The Morgan fingerprint density at radius 3 is 2.63 bits per heavy atom. The molecule has 0 bridgehead atoms. The zero-order chi connectivity index (χ0) is 19.4. The van der Waals surface area contributed by atoms with Gasteiger partial charge in [-0.25, -0.2) is 9.78 Å². The van der Waals surface area contributed by atoms with Crippen LogP contribution in [0.1, 0.15) is 34.7 Å². The van der Waals surface area contributed by atoms with Gasteiger partial charge in [-0.3, -0.25) is 14.9 Å². The minimum atomic E-state index is -1.02. The molecule has 138 valence electrons. The van der Waals surface area contributed by atoms with Crippen molar-refractivity contribution in [2.45, 2.75) is 20.0 Å². The molecular weight excluding hydrogens is 366 g/mol. The summed E-state index contributed by atoms with van der Waals surface area (Å²) in [5.74, 6) is -1.38. The highest BCUT2D eigenvalue weighted by atomic mass is 32.1. The number of H-pyrrole nitrogens is 1. The molecule has 2 heterocycles. The van der Waals surface area contributed by atoms with Crippen LogP contribution in [-0.2, 0) is 9.53 Å². The van der Waals surface area contributed by atoms with Crippen LogP contribution in [0.15, 0.2) is 48.0 Å². The predicted molar refractivity (Wildman–Crippen MR) is 102 cm³/mol. The molecule has 0 unspecified atom stereocenters. The van der Waals surface area contributed by atoms with E-state index in [9.17, 15) is 14.4 Å². The summed E-state index contributed by atoms with van der Waals surface area (Å²) >= 11 is 1.28. The topological polar surface area (TPSA) is 101 Å². The summed E-state index contributed by atoms with van der Waals surface area (Å²) in [6.45, 7) is 2.86. The van der Waals surface area contributed by atoms with Crippen molar-refractivity contribution in [2.75, 3.05) is 5.32 Å². The van der Waals surface area contributed by atoms with Crippen LogP contribution in [0.2, 0.25) is 0 Å². The number of hydrogen-bond acceptors (Lipinski definition) is 6. The first kappa shape index (κ1) is 18.5. The van der Waals surface area contributed by atoms with E-state index in [1.165, 1.54) is 37.4 Å². The van der Waals surface area contributed by atoms with E-state index in [-0.39, 0.29) is 11.5 Å². The van der Waals surface area contributed by atoms with E-state index in [2.05, 4.69) is 15.3 Å². The number of amides is 1. The standard InChI is InChI=1S/C19H17N3O4S/c1-11(23)14-8-15(20-9-14)18(25)26-12(2)17(24)22-19-21-16(10-27-19)13-6-4-3-5-7-13/h3-10,12,20H,1-2H3,(H,21,22,24)/t12-/m1/s1. The second kappa shape index (κ2) is 7.96. The molecule has 0 aliphatic rings. The Balaban J connectivity index is 1.60. The summed E-state index contributed by atoms with van der Waals surface area (Å²) in [6, 6.07) is 11.0. The van der Waals surface area contributed by atoms with Crippen LogP contribution in [0.3, 0.4) is 0 Å². The van der Waals surface area contributed by atoms with Gasteiger partial charge in [0.05, 0.1) is 5.69 Å². The summed E-state index contributed by atoms with van der Waals surface area (Å²) in [6.07, 6.45) is 0.398. The van der Waals surface area contributed by atoms with Gasteiger partial charge in [-0.05, 0) is 19.9 Å². The number of ketones is 1. The largest absolute Gasteiger partial charge is 0.448 e. The molecule has 3 aromatic rings. The number of nitrogens with one attached hydrogen (secondary N) is 2. The summed E-state index contributed by atoms with van der Waals surface area (Å²) < 4.78 is 5.14. The highest BCUT2D eigenvalue weighted by Gasteiger charge is 2.21. The Kier molecular flexibility index (Phi) is 5.46. The third kappa shape index (κ3) is 4.48. The van der Waals surface area contributed by atoms with Crippen molar-refractivity contribution in [1.29, 1.82) is 0 Å². The number of esters is 1. The lowest BCUT2D eigenvalue weighted by atomic mass is 10.2. The van der Waals surface area contributed by atoms with Gasteiger partial charge in [0.1, 0.15) is 5.69 Å². The number of rotatable bonds is 6.